The van der Waals surface area contributed by atoms with E-state index in [0.29, 0.717) is 0 Å². The number of rotatable bonds is 0. The summed E-state index contributed by atoms with van der Waals surface area (Å²) in [6, 6.07) is 5.12. The Hall–Kier alpha value is -1.09. The number of hydrogen-bond donors (Lipinski definition) is 0. The molecule has 1 aromatic carbocycles. The zero-order valence-electron chi connectivity index (χ0n) is 5.07. The van der Waals surface area contributed by atoms with Crippen LogP contribution in [0.2, 0.25) is 0 Å². The average Bonchev–Trinajstić information content (AvgIpc) is 2.36. The molecule has 0 aliphatic rings. The minimum Gasteiger partial charge on any atom is -0.288 e. The number of hydrogen-bond acceptors (Lipinski definition) is 2. The van der Waals surface area contributed by atoms with Gasteiger partial charge < -0.3 is 0 Å². The molecular formula is C7H4NOS. The maximum absolute atomic E-state index is 11.0. The van der Waals surface area contributed by atoms with Crippen molar-refractivity contribution >= 4 is 21.6 Å². The van der Waals surface area contributed by atoms with Gasteiger partial charge in [0.2, 0.25) is 0 Å². The maximum atomic E-state index is 11.0. The van der Waals surface area contributed by atoms with E-state index in [4.69, 9.17) is 0 Å². The topological polar surface area (TPSA) is 32.8 Å². The number of thiazole rings is 1. The molecule has 2 rings (SSSR count). The molecule has 0 aliphatic carbocycles. The van der Waals surface area contributed by atoms with Crippen LogP contribution in [0.1, 0.15) is 0 Å². The van der Waals surface area contributed by atoms with Crippen LogP contribution in [0.25, 0.3) is 10.2 Å². The molecule has 10 heavy (non-hydrogen) atoms. The smallest absolute Gasteiger partial charge is 0.198 e. The van der Waals surface area contributed by atoms with Gasteiger partial charge in [-0.15, -0.1) is 11.3 Å². The molecule has 0 aliphatic heterocycles. The summed E-state index contributed by atoms with van der Waals surface area (Å²) in [5, 5.41) is 11.0. The number of aromatic nitrogens is 1. The van der Waals surface area contributed by atoms with E-state index in [1.54, 1.807) is 17.6 Å². The first-order chi connectivity index (χ1) is 4.88. The zero-order valence-corrected chi connectivity index (χ0v) is 5.89. The van der Waals surface area contributed by atoms with Gasteiger partial charge in [-0.3, -0.25) is 5.11 Å². The molecule has 2 nitrogen and oxygen atoms in total. The highest BCUT2D eigenvalue weighted by atomic mass is 32.1. The van der Waals surface area contributed by atoms with Gasteiger partial charge >= 0.3 is 0 Å². The third kappa shape index (κ3) is 0.675. The fraction of sp³-hybridized carbons (Fsp3) is 0. The van der Waals surface area contributed by atoms with Crippen LogP contribution in [0.15, 0.2) is 23.7 Å². The van der Waals surface area contributed by atoms with Gasteiger partial charge in [-0.1, -0.05) is 6.07 Å². The van der Waals surface area contributed by atoms with E-state index in [9.17, 15) is 5.11 Å². The highest BCUT2D eigenvalue weighted by Gasteiger charge is 2.00. The summed E-state index contributed by atoms with van der Waals surface area (Å²) in [4.78, 5) is 4.00. The minimum atomic E-state index is 0.0694. The first kappa shape index (κ1) is 5.68. The Bertz CT molecular complexity index is 355. The second kappa shape index (κ2) is 1.95. The van der Waals surface area contributed by atoms with Crippen LogP contribution >= 0.6 is 11.3 Å². The first-order valence-electron chi connectivity index (χ1n) is 2.87. The first-order valence-corrected chi connectivity index (χ1v) is 3.75. The van der Waals surface area contributed by atoms with Gasteiger partial charge in [0.25, 0.3) is 0 Å². The predicted octanol–water partition coefficient (Wildman–Crippen LogP) is 2.44. The summed E-state index contributed by atoms with van der Waals surface area (Å²) in [5.74, 6) is 0.0694. The fourth-order valence-corrected chi connectivity index (χ4v) is 1.56. The molecule has 1 heterocycles. The summed E-state index contributed by atoms with van der Waals surface area (Å²) in [6.07, 6.45) is 0. The Morgan fingerprint density at radius 3 is 3.10 bits per heavy atom. The standard InChI is InChI=1S/C7H4NOS/c9-6-3-1-2-5-7(6)10-4-8-5/h1-4H. The van der Waals surface area contributed by atoms with Crippen molar-refractivity contribution in [1.82, 2.24) is 4.98 Å². The summed E-state index contributed by atoms with van der Waals surface area (Å²) < 4.78 is 0.752. The van der Waals surface area contributed by atoms with E-state index in [0.717, 1.165) is 10.2 Å². The van der Waals surface area contributed by atoms with Crippen LogP contribution < -0.4 is 0 Å². The Balaban J connectivity index is 2.95. The molecule has 0 saturated carbocycles. The molecule has 0 N–H and O–H groups in total. The second-order valence-corrected chi connectivity index (χ2v) is 2.81. The molecule has 0 fully saturated rings. The third-order valence-corrected chi connectivity index (χ3v) is 2.18. The molecule has 2 aromatic rings. The second-order valence-electron chi connectivity index (χ2n) is 1.96. The monoisotopic (exact) mass is 150 g/mol. The minimum absolute atomic E-state index is 0.0694. The van der Waals surface area contributed by atoms with Gasteiger partial charge in [0.15, 0.2) is 5.75 Å². The molecule has 1 aromatic heterocycles. The molecule has 0 bridgehead atoms. The van der Waals surface area contributed by atoms with Crippen LogP contribution in [0.5, 0.6) is 5.75 Å². The highest BCUT2D eigenvalue weighted by molar-refractivity contribution is 7.17. The van der Waals surface area contributed by atoms with Gasteiger partial charge in [-0.2, -0.15) is 0 Å². The Labute approximate surface area is 61.8 Å². The summed E-state index contributed by atoms with van der Waals surface area (Å²) in [7, 11) is 0. The van der Waals surface area contributed by atoms with Gasteiger partial charge in [-0.25, -0.2) is 4.98 Å². The maximum Gasteiger partial charge on any atom is 0.198 e. The third-order valence-electron chi connectivity index (χ3n) is 1.32. The average molecular weight is 150 g/mol. The summed E-state index contributed by atoms with van der Waals surface area (Å²) in [5.41, 5.74) is 2.49. The number of benzene rings is 1. The molecule has 0 atom stereocenters. The molecule has 1 radical (unpaired) electrons. The lowest BCUT2D eigenvalue weighted by molar-refractivity contribution is 0.361. The van der Waals surface area contributed by atoms with E-state index in [2.05, 4.69) is 4.98 Å². The molecule has 49 valence electrons. The lowest BCUT2D eigenvalue weighted by Crippen LogP contribution is -1.64. The zero-order chi connectivity index (χ0) is 6.97. The fourth-order valence-electron chi connectivity index (χ4n) is 0.860. The highest BCUT2D eigenvalue weighted by Crippen LogP contribution is 2.27. The lowest BCUT2D eigenvalue weighted by atomic mass is 10.3. The van der Waals surface area contributed by atoms with Crippen LogP contribution in [-0.2, 0) is 5.11 Å². The van der Waals surface area contributed by atoms with E-state index in [1.807, 2.05) is 6.07 Å². The van der Waals surface area contributed by atoms with E-state index >= 15 is 0 Å². The van der Waals surface area contributed by atoms with Crippen molar-refractivity contribution in [1.29, 1.82) is 0 Å². The van der Waals surface area contributed by atoms with E-state index in [1.165, 1.54) is 11.3 Å². The van der Waals surface area contributed by atoms with Crippen LogP contribution in [0.4, 0.5) is 0 Å². The molecule has 0 unspecified atom stereocenters. The van der Waals surface area contributed by atoms with Gasteiger partial charge in [0.05, 0.1) is 11.0 Å². The molecule has 0 amide bonds. The van der Waals surface area contributed by atoms with Crippen molar-refractivity contribution in [3.8, 4) is 5.75 Å². The van der Waals surface area contributed by atoms with Crippen molar-refractivity contribution in [2.75, 3.05) is 0 Å². The Kier molecular flexibility index (Phi) is 1.11. The van der Waals surface area contributed by atoms with Gasteiger partial charge in [-0.05, 0) is 12.1 Å². The van der Waals surface area contributed by atoms with Crippen molar-refractivity contribution in [2.45, 2.75) is 0 Å². The van der Waals surface area contributed by atoms with Gasteiger partial charge in [0, 0.05) is 0 Å². The molecule has 3 heteroatoms. The Morgan fingerprint density at radius 2 is 2.30 bits per heavy atom. The predicted molar refractivity (Wildman–Crippen MR) is 39.8 cm³/mol. The molecule has 0 saturated heterocycles. The lowest BCUT2D eigenvalue weighted by Gasteiger charge is -1.85. The van der Waals surface area contributed by atoms with Crippen molar-refractivity contribution in [2.24, 2.45) is 0 Å². The normalized spacial score (nSPS) is 10.4. The quantitative estimate of drug-likeness (QED) is 0.567. The summed E-state index contributed by atoms with van der Waals surface area (Å²) >= 11 is 1.39. The van der Waals surface area contributed by atoms with E-state index < -0.39 is 0 Å². The van der Waals surface area contributed by atoms with Crippen molar-refractivity contribution in [3.63, 3.8) is 0 Å². The number of fused-ring (bicyclic) bond motifs is 1. The van der Waals surface area contributed by atoms with Crippen LogP contribution in [0, 0.1) is 0 Å². The Morgan fingerprint density at radius 1 is 1.40 bits per heavy atom. The largest absolute Gasteiger partial charge is 0.288 e. The van der Waals surface area contributed by atoms with Crippen molar-refractivity contribution < 1.29 is 5.11 Å². The summed E-state index contributed by atoms with van der Waals surface area (Å²) in [6.45, 7) is 0. The van der Waals surface area contributed by atoms with Crippen LogP contribution in [0.3, 0.4) is 0 Å². The van der Waals surface area contributed by atoms with Gasteiger partial charge in [0.1, 0.15) is 4.70 Å². The number of nitrogens with zero attached hydrogens (tertiary/aromatic N) is 1. The molecule has 0 spiro atoms. The molecular weight excluding hydrogens is 146 g/mol. The SMILES string of the molecule is [O]c1cccc2ncsc12. The van der Waals surface area contributed by atoms with Crippen LogP contribution in [-0.4, -0.2) is 4.98 Å². The van der Waals surface area contributed by atoms with Crippen molar-refractivity contribution in [3.05, 3.63) is 23.7 Å². The van der Waals surface area contributed by atoms with E-state index in [-0.39, 0.29) is 5.75 Å².